The van der Waals surface area contributed by atoms with Gasteiger partial charge >= 0.3 is 0 Å². The maximum absolute atomic E-state index is 6.02. The fourth-order valence-electron chi connectivity index (χ4n) is 1.73. The molecule has 20 heavy (non-hydrogen) atoms. The van der Waals surface area contributed by atoms with Crippen molar-refractivity contribution in [1.29, 1.82) is 0 Å². The molecule has 0 bridgehead atoms. The second-order valence-corrected chi connectivity index (χ2v) is 4.31. The number of hydrogen-bond acceptors (Lipinski definition) is 7. The first-order valence-corrected chi connectivity index (χ1v) is 5.98. The first-order chi connectivity index (χ1) is 9.67. The first-order valence-electron chi connectivity index (χ1n) is 5.60. The van der Waals surface area contributed by atoms with Gasteiger partial charge in [0.25, 0.3) is 0 Å². The van der Waals surface area contributed by atoms with Crippen molar-refractivity contribution in [3.05, 3.63) is 23.5 Å². The number of nitrogens with zero attached hydrogens (tertiary/aromatic N) is 4. The second kappa shape index (κ2) is 4.82. The topological polar surface area (TPSA) is 115 Å². The summed E-state index contributed by atoms with van der Waals surface area (Å²) in [4.78, 5) is 12.2. The predicted octanol–water partition coefficient (Wildman–Crippen LogP) is 1.74. The molecule has 0 atom stereocenters. The van der Waals surface area contributed by atoms with E-state index in [4.69, 9.17) is 22.1 Å². The number of anilines is 3. The summed E-state index contributed by atoms with van der Waals surface area (Å²) in [6, 6.07) is 1.68. The minimum Gasteiger partial charge on any atom is -0.480 e. The molecule has 0 unspecified atom stereocenters. The molecule has 9 heteroatoms. The van der Waals surface area contributed by atoms with Crippen molar-refractivity contribution in [3.63, 3.8) is 0 Å². The number of methoxy groups -OCH3 is 1. The summed E-state index contributed by atoms with van der Waals surface area (Å²) in [6.45, 7) is 0. The maximum Gasteiger partial charge on any atom is 0.232 e. The molecule has 3 rings (SSSR count). The van der Waals surface area contributed by atoms with Gasteiger partial charge in [-0.1, -0.05) is 11.6 Å². The number of hydrogen-bond donors (Lipinski definition) is 3. The molecule has 0 saturated heterocycles. The lowest BCUT2D eigenvalue weighted by Gasteiger charge is -2.08. The number of H-pyrrole nitrogens is 1. The van der Waals surface area contributed by atoms with Crippen LogP contribution in [0.3, 0.4) is 0 Å². The average Bonchev–Trinajstić information content (AvgIpc) is 2.87. The van der Waals surface area contributed by atoms with Crippen LogP contribution in [0, 0.1) is 0 Å². The Morgan fingerprint density at radius 1 is 1.35 bits per heavy atom. The molecule has 0 fully saturated rings. The number of aromatic amines is 1. The molecule has 3 aromatic heterocycles. The van der Waals surface area contributed by atoms with E-state index in [1.54, 1.807) is 18.5 Å². The number of ether oxygens (including phenoxy) is 1. The van der Waals surface area contributed by atoms with Gasteiger partial charge in [0.15, 0.2) is 5.65 Å². The minimum absolute atomic E-state index is 0.136. The second-order valence-electron chi connectivity index (χ2n) is 3.90. The molecule has 0 saturated carbocycles. The Morgan fingerprint density at radius 3 is 2.95 bits per heavy atom. The van der Waals surface area contributed by atoms with Crippen LogP contribution < -0.4 is 15.8 Å². The van der Waals surface area contributed by atoms with E-state index >= 15 is 0 Å². The van der Waals surface area contributed by atoms with Crippen molar-refractivity contribution in [2.45, 2.75) is 0 Å². The minimum atomic E-state index is 0.136. The van der Waals surface area contributed by atoms with E-state index in [-0.39, 0.29) is 5.95 Å². The van der Waals surface area contributed by atoms with Gasteiger partial charge in [-0.3, -0.25) is 5.10 Å². The van der Waals surface area contributed by atoms with Crippen LogP contribution in [0.1, 0.15) is 0 Å². The molecule has 0 aliphatic rings. The Hall–Kier alpha value is -2.61. The van der Waals surface area contributed by atoms with Crippen LogP contribution in [0.5, 0.6) is 5.88 Å². The third kappa shape index (κ3) is 2.16. The van der Waals surface area contributed by atoms with Crippen LogP contribution in [-0.4, -0.2) is 32.3 Å². The highest BCUT2D eigenvalue weighted by molar-refractivity contribution is 6.32. The van der Waals surface area contributed by atoms with Gasteiger partial charge in [-0.2, -0.15) is 15.1 Å². The number of aromatic nitrogens is 5. The van der Waals surface area contributed by atoms with Gasteiger partial charge in [0.05, 0.1) is 30.6 Å². The SMILES string of the molecule is COc1ncc(Nc2nc(N)nc3[nH]ncc23)cc1Cl. The number of nitrogens with two attached hydrogens (primary N) is 1. The zero-order valence-corrected chi connectivity index (χ0v) is 11.1. The van der Waals surface area contributed by atoms with Crippen LogP contribution in [0.25, 0.3) is 11.0 Å². The van der Waals surface area contributed by atoms with Crippen LogP contribution in [0.2, 0.25) is 5.02 Å². The van der Waals surface area contributed by atoms with Gasteiger partial charge in [-0.25, -0.2) is 4.98 Å². The van der Waals surface area contributed by atoms with E-state index in [0.717, 1.165) is 0 Å². The molecule has 0 amide bonds. The molecule has 0 spiro atoms. The largest absolute Gasteiger partial charge is 0.480 e. The highest BCUT2D eigenvalue weighted by atomic mass is 35.5. The highest BCUT2D eigenvalue weighted by Crippen LogP contribution is 2.27. The zero-order chi connectivity index (χ0) is 14.1. The van der Waals surface area contributed by atoms with Gasteiger partial charge < -0.3 is 15.8 Å². The fourth-order valence-corrected chi connectivity index (χ4v) is 1.97. The Kier molecular flexibility index (Phi) is 2.99. The average molecular weight is 292 g/mol. The highest BCUT2D eigenvalue weighted by Gasteiger charge is 2.10. The van der Waals surface area contributed by atoms with Crippen molar-refractivity contribution in [1.82, 2.24) is 25.1 Å². The van der Waals surface area contributed by atoms with E-state index in [1.807, 2.05) is 0 Å². The molecule has 0 aliphatic heterocycles. The van der Waals surface area contributed by atoms with Crippen molar-refractivity contribution in [3.8, 4) is 5.88 Å². The number of fused-ring (bicyclic) bond motifs is 1. The van der Waals surface area contributed by atoms with E-state index in [9.17, 15) is 0 Å². The van der Waals surface area contributed by atoms with Crippen LogP contribution in [-0.2, 0) is 0 Å². The van der Waals surface area contributed by atoms with Gasteiger partial charge in [0, 0.05) is 0 Å². The molecule has 8 nitrogen and oxygen atoms in total. The van der Waals surface area contributed by atoms with Crippen molar-refractivity contribution >= 4 is 40.1 Å². The van der Waals surface area contributed by atoms with Crippen LogP contribution in [0.15, 0.2) is 18.5 Å². The molecule has 4 N–H and O–H groups in total. The van der Waals surface area contributed by atoms with Crippen LogP contribution >= 0.6 is 11.6 Å². The number of rotatable bonds is 3. The lowest BCUT2D eigenvalue weighted by atomic mass is 10.3. The Morgan fingerprint density at radius 2 is 2.20 bits per heavy atom. The fraction of sp³-hybridized carbons (Fsp3) is 0.0909. The van der Waals surface area contributed by atoms with Crippen LogP contribution in [0.4, 0.5) is 17.5 Å². The summed E-state index contributed by atoms with van der Waals surface area (Å²) in [5.41, 5.74) is 6.84. The summed E-state index contributed by atoms with van der Waals surface area (Å²) in [5.74, 6) is 1.01. The maximum atomic E-state index is 6.02. The smallest absolute Gasteiger partial charge is 0.232 e. The van der Waals surface area contributed by atoms with Gasteiger partial charge in [0.2, 0.25) is 11.8 Å². The van der Waals surface area contributed by atoms with E-state index in [2.05, 4.69) is 30.5 Å². The number of halogens is 1. The van der Waals surface area contributed by atoms with Crippen molar-refractivity contribution < 1.29 is 4.74 Å². The summed E-state index contributed by atoms with van der Waals surface area (Å²) < 4.78 is 5.00. The molecule has 3 aromatic rings. The summed E-state index contributed by atoms with van der Waals surface area (Å²) >= 11 is 6.02. The summed E-state index contributed by atoms with van der Waals surface area (Å²) in [6.07, 6.45) is 3.19. The third-order valence-electron chi connectivity index (χ3n) is 2.59. The van der Waals surface area contributed by atoms with Crippen molar-refractivity contribution in [2.75, 3.05) is 18.2 Å². The van der Waals surface area contributed by atoms with Crippen molar-refractivity contribution in [2.24, 2.45) is 0 Å². The Bertz CT molecular complexity index is 773. The predicted molar refractivity (Wildman–Crippen MR) is 75.2 cm³/mol. The monoisotopic (exact) mass is 291 g/mol. The normalized spacial score (nSPS) is 10.7. The standard InChI is InChI=1S/C11H10ClN7O/c1-20-10-7(12)2-5(3-14-10)16-8-6-4-15-19-9(6)18-11(13)17-8/h2-4H,1H3,(H4,13,15,16,17,18,19). The lowest BCUT2D eigenvalue weighted by Crippen LogP contribution is -2.01. The Labute approximate surface area is 118 Å². The Balaban J connectivity index is 2.00. The summed E-state index contributed by atoms with van der Waals surface area (Å²) in [7, 11) is 1.50. The van der Waals surface area contributed by atoms with Gasteiger partial charge in [-0.15, -0.1) is 0 Å². The first kappa shape index (κ1) is 12.4. The molecule has 0 radical (unpaired) electrons. The molecule has 0 aromatic carbocycles. The number of nitrogens with one attached hydrogen (secondary N) is 2. The zero-order valence-electron chi connectivity index (χ0n) is 10.4. The van der Waals surface area contributed by atoms with Gasteiger partial charge in [-0.05, 0) is 6.07 Å². The quantitative estimate of drug-likeness (QED) is 0.673. The molecular formula is C11H10ClN7O. The van der Waals surface area contributed by atoms with E-state index < -0.39 is 0 Å². The number of nitrogen functional groups attached to an aromatic ring is 1. The van der Waals surface area contributed by atoms with Gasteiger partial charge in [0.1, 0.15) is 10.8 Å². The molecule has 3 heterocycles. The molecular weight excluding hydrogens is 282 g/mol. The van der Waals surface area contributed by atoms with E-state index in [0.29, 0.717) is 33.4 Å². The number of pyridine rings is 1. The summed E-state index contributed by atoms with van der Waals surface area (Å²) in [5, 5.41) is 10.8. The van der Waals surface area contributed by atoms with E-state index in [1.165, 1.54) is 7.11 Å². The lowest BCUT2D eigenvalue weighted by molar-refractivity contribution is 0.398. The molecule has 102 valence electrons. The molecule has 0 aliphatic carbocycles. The third-order valence-corrected chi connectivity index (χ3v) is 2.86.